The molecule has 21 heavy (non-hydrogen) atoms. The van der Waals surface area contributed by atoms with E-state index in [1.54, 1.807) is 0 Å². The molecule has 1 saturated carbocycles. The Labute approximate surface area is 127 Å². The number of nitrogens with zero attached hydrogens (tertiary/aromatic N) is 2. The minimum atomic E-state index is 0.640. The summed E-state index contributed by atoms with van der Waals surface area (Å²) in [5, 5.41) is 3.54. The largest absolute Gasteiger partial charge is 0.381 e. The highest BCUT2D eigenvalue weighted by molar-refractivity contribution is 5.46. The van der Waals surface area contributed by atoms with E-state index in [1.807, 2.05) is 6.20 Å². The van der Waals surface area contributed by atoms with Gasteiger partial charge in [-0.2, -0.15) is 0 Å². The van der Waals surface area contributed by atoms with Crippen LogP contribution in [0, 0.1) is 12.8 Å². The number of pyridine rings is 1. The molecule has 1 aromatic heterocycles. The van der Waals surface area contributed by atoms with Crippen LogP contribution in [-0.4, -0.2) is 37.8 Å². The molecule has 0 amide bonds. The molecular weight excluding hydrogens is 262 g/mol. The predicted molar refractivity (Wildman–Crippen MR) is 85.6 cm³/mol. The van der Waals surface area contributed by atoms with Gasteiger partial charge in [-0.3, -0.25) is 0 Å². The third-order valence-electron chi connectivity index (χ3n) is 4.43. The molecule has 1 unspecified atom stereocenters. The molecular formula is C17H27N3O. The van der Waals surface area contributed by atoms with Gasteiger partial charge in [0, 0.05) is 39.0 Å². The van der Waals surface area contributed by atoms with Crippen LogP contribution in [0.3, 0.4) is 0 Å². The van der Waals surface area contributed by atoms with E-state index in [2.05, 4.69) is 35.2 Å². The Bertz CT molecular complexity index is 467. The van der Waals surface area contributed by atoms with Crippen LogP contribution >= 0.6 is 0 Å². The number of ether oxygens (including phenoxy) is 1. The van der Waals surface area contributed by atoms with Gasteiger partial charge in [-0.1, -0.05) is 0 Å². The van der Waals surface area contributed by atoms with Gasteiger partial charge < -0.3 is 15.0 Å². The van der Waals surface area contributed by atoms with Crippen LogP contribution in [0.4, 0.5) is 5.82 Å². The van der Waals surface area contributed by atoms with Crippen LogP contribution in [0.5, 0.6) is 0 Å². The molecule has 1 atom stereocenters. The second-order valence-corrected chi connectivity index (χ2v) is 6.60. The van der Waals surface area contributed by atoms with Gasteiger partial charge in [0.2, 0.25) is 0 Å². The molecule has 1 aliphatic heterocycles. The first-order chi connectivity index (χ1) is 10.2. The first-order valence-electron chi connectivity index (χ1n) is 8.20. The molecule has 2 heterocycles. The maximum Gasteiger partial charge on any atom is 0.131 e. The average Bonchev–Trinajstić information content (AvgIpc) is 3.30. The molecule has 1 saturated heterocycles. The smallest absolute Gasteiger partial charge is 0.131 e. The maximum absolute atomic E-state index is 5.57. The summed E-state index contributed by atoms with van der Waals surface area (Å²) in [6.45, 7) is 5.97. The van der Waals surface area contributed by atoms with Gasteiger partial charge in [-0.15, -0.1) is 0 Å². The molecule has 0 spiro atoms. The zero-order valence-electron chi connectivity index (χ0n) is 13.3. The van der Waals surface area contributed by atoms with Crippen molar-refractivity contribution in [3.05, 3.63) is 23.4 Å². The van der Waals surface area contributed by atoms with Gasteiger partial charge in [0.25, 0.3) is 0 Å². The van der Waals surface area contributed by atoms with Crippen LogP contribution in [0.25, 0.3) is 0 Å². The van der Waals surface area contributed by atoms with Crippen molar-refractivity contribution in [1.82, 2.24) is 10.3 Å². The average molecular weight is 289 g/mol. The summed E-state index contributed by atoms with van der Waals surface area (Å²) in [6.07, 6.45) is 7.14. The number of anilines is 1. The van der Waals surface area contributed by atoms with E-state index in [0.29, 0.717) is 5.92 Å². The zero-order chi connectivity index (χ0) is 14.7. The first-order valence-corrected chi connectivity index (χ1v) is 8.20. The summed E-state index contributed by atoms with van der Waals surface area (Å²) >= 11 is 0. The summed E-state index contributed by atoms with van der Waals surface area (Å²) in [4.78, 5) is 6.97. The third-order valence-corrected chi connectivity index (χ3v) is 4.43. The lowest BCUT2D eigenvalue weighted by Gasteiger charge is -2.28. The van der Waals surface area contributed by atoms with Crippen molar-refractivity contribution >= 4 is 5.82 Å². The van der Waals surface area contributed by atoms with Crippen molar-refractivity contribution in [3.8, 4) is 0 Å². The SMILES string of the molecule is Cc1cc(CNC2CC2)cnc1N(C)CC1CCCOC1. The Morgan fingerprint density at radius 3 is 2.90 bits per heavy atom. The standard InChI is InChI=1S/C17H27N3O/c1-13-8-15(9-18-16-5-6-16)10-19-17(13)20(2)11-14-4-3-7-21-12-14/h8,10,14,16,18H,3-7,9,11-12H2,1-2H3. The molecule has 0 aromatic carbocycles. The van der Waals surface area contributed by atoms with Gasteiger partial charge in [-0.05, 0) is 55.7 Å². The van der Waals surface area contributed by atoms with E-state index in [9.17, 15) is 0 Å². The fourth-order valence-electron chi connectivity index (χ4n) is 3.10. The van der Waals surface area contributed by atoms with Crippen molar-refractivity contribution < 1.29 is 4.74 Å². The summed E-state index contributed by atoms with van der Waals surface area (Å²) in [5.74, 6) is 1.75. The Morgan fingerprint density at radius 1 is 1.38 bits per heavy atom. The van der Waals surface area contributed by atoms with E-state index in [0.717, 1.165) is 38.2 Å². The molecule has 2 aliphatic rings. The van der Waals surface area contributed by atoms with Crippen molar-refractivity contribution in [2.75, 3.05) is 31.7 Å². The van der Waals surface area contributed by atoms with Crippen molar-refractivity contribution in [3.63, 3.8) is 0 Å². The van der Waals surface area contributed by atoms with Gasteiger partial charge in [0.05, 0.1) is 6.61 Å². The topological polar surface area (TPSA) is 37.4 Å². The van der Waals surface area contributed by atoms with Crippen LogP contribution in [-0.2, 0) is 11.3 Å². The minimum Gasteiger partial charge on any atom is -0.381 e. The molecule has 0 radical (unpaired) electrons. The maximum atomic E-state index is 5.57. The Kier molecular flexibility index (Phi) is 4.76. The lowest BCUT2D eigenvalue weighted by Crippen LogP contribution is -2.31. The Morgan fingerprint density at radius 2 is 2.24 bits per heavy atom. The molecule has 1 aliphatic carbocycles. The van der Waals surface area contributed by atoms with Gasteiger partial charge in [-0.25, -0.2) is 4.98 Å². The Hall–Kier alpha value is -1.13. The predicted octanol–water partition coefficient (Wildman–Crippen LogP) is 2.50. The minimum absolute atomic E-state index is 0.640. The van der Waals surface area contributed by atoms with Crippen LogP contribution in [0.2, 0.25) is 0 Å². The van der Waals surface area contributed by atoms with Crippen molar-refractivity contribution in [2.45, 2.75) is 45.2 Å². The van der Waals surface area contributed by atoms with Gasteiger partial charge in [0.1, 0.15) is 5.82 Å². The van der Waals surface area contributed by atoms with E-state index in [-0.39, 0.29) is 0 Å². The number of aryl methyl sites for hydroxylation is 1. The highest BCUT2D eigenvalue weighted by Crippen LogP contribution is 2.22. The van der Waals surface area contributed by atoms with Crippen molar-refractivity contribution in [2.24, 2.45) is 5.92 Å². The highest BCUT2D eigenvalue weighted by atomic mass is 16.5. The van der Waals surface area contributed by atoms with E-state index >= 15 is 0 Å². The summed E-state index contributed by atoms with van der Waals surface area (Å²) in [6, 6.07) is 3.02. The number of aromatic nitrogens is 1. The fraction of sp³-hybridized carbons (Fsp3) is 0.706. The summed E-state index contributed by atoms with van der Waals surface area (Å²) in [7, 11) is 2.14. The second-order valence-electron chi connectivity index (χ2n) is 6.60. The Balaban J connectivity index is 1.57. The zero-order valence-corrected chi connectivity index (χ0v) is 13.3. The molecule has 0 bridgehead atoms. The number of hydrogen-bond acceptors (Lipinski definition) is 4. The normalized spacial score (nSPS) is 22.3. The highest BCUT2D eigenvalue weighted by Gasteiger charge is 2.20. The van der Waals surface area contributed by atoms with Crippen LogP contribution in [0.15, 0.2) is 12.3 Å². The van der Waals surface area contributed by atoms with E-state index in [1.165, 1.54) is 36.8 Å². The lowest BCUT2D eigenvalue weighted by atomic mass is 10.0. The van der Waals surface area contributed by atoms with E-state index in [4.69, 9.17) is 4.74 Å². The van der Waals surface area contributed by atoms with Crippen LogP contribution in [0.1, 0.15) is 36.8 Å². The molecule has 1 N–H and O–H groups in total. The molecule has 3 rings (SSSR count). The van der Waals surface area contributed by atoms with Crippen LogP contribution < -0.4 is 10.2 Å². The van der Waals surface area contributed by atoms with Crippen molar-refractivity contribution in [1.29, 1.82) is 0 Å². The van der Waals surface area contributed by atoms with E-state index < -0.39 is 0 Å². The molecule has 2 fully saturated rings. The monoisotopic (exact) mass is 289 g/mol. The van der Waals surface area contributed by atoms with Gasteiger partial charge >= 0.3 is 0 Å². The molecule has 116 valence electrons. The number of rotatable bonds is 6. The molecule has 4 nitrogen and oxygen atoms in total. The van der Waals surface area contributed by atoms with Gasteiger partial charge in [0.15, 0.2) is 0 Å². The molecule has 4 heteroatoms. The second kappa shape index (κ2) is 6.75. The molecule has 1 aromatic rings. The quantitative estimate of drug-likeness (QED) is 0.873. The number of nitrogens with one attached hydrogen (secondary N) is 1. The fourth-order valence-corrected chi connectivity index (χ4v) is 3.10. The summed E-state index contributed by atoms with van der Waals surface area (Å²) < 4.78 is 5.57. The number of hydrogen-bond donors (Lipinski definition) is 1. The summed E-state index contributed by atoms with van der Waals surface area (Å²) in [5.41, 5.74) is 2.56. The third kappa shape index (κ3) is 4.17. The lowest BCUT2D eigenvalue weighted by molar-refractivity contribution is 0.0576. The first kappa shape index (κ1) is 14.8.